The quantitative estimate of drug-likeness (QED) is 0.340. The Labute approximate surface area is 87.3 Å². The van der Waals surface area contributed by atoms with Gasteiger partial charge in [0.1, 0.15) is 0 Å². The van der Waals surface area contributed by atoms with Gasteiger partial charge in [0.2, 0.25) is 0 Å². The Hall–Kier alpha value is -0.790. The van der Waals surface area contributed by atoms with Crippen molar-refractivity contribution in [2.75, 3.05) is 6.61 Å². The fraction of sp³-hybridized carbons (Fsp3) is 0.750. The number of hydrogen-bond acceptors (Lipinski definition) is 2. The minimum atomic E-state index is -0.175. The highest BCUT2D eigenvalue weighted by Gasteiger charge is 2.06. The van der Waals surface area contributed by atoms with Gasteiger partial charge in [-0.25, -0.2) is 0 Å². The average Bonchev–Trinajstić information content (AvgIpc) is 2.15. The van der Waals surface area contributed by atoms with E-state index in [1.807, 2.05) is 6.08 Å². The molecule has 0 saturated heterocycles. The van der Waals surface area contributed by atoms with Gasteiger partial charge in [-0.1, -0.05) is 25.8 Å². The van der Waals surface area contributed by atoms with Crippen LogP contribution in [0.2, 0.25) is 0 Å². The molecule has 0 amide bonds. The van der Waals surface area contributed by atoms with Crippen LogP contribution in [0.4, 0.5) is 0 Å². The van der Waals surface area contributed by atoms with Crippen LogP contribution in [0.3, 0.4) is 0 Å². The van der Waals surface area contributed by atoms with Crippen LogP contribution < -0.4 is 0 Å². The zero-order valence-corrected chi connectivity index (χ0v) is 9.42. The lowest BCUT2D eigenvalue weighted by molar-refractivity contribution is -0.141. The van der Waals surface area contributed by atoms with E-state index in [2.05, 4.69) is 13.5 Å². The summed E-state index contributed by atoms with van der Waals surface area (Å²) in [7, 11) is 0. The first kappa shape index (κ1) is 13.2. The van der Waals surface area contributed by atoms with E-state index in [-0.39, 0.29) is 5.97 Å². The van der Waals surface area contributed by atoms with Gasteiger partial charge >= 0.3 is 5.97 Å². The van der Waals surface area contributed by atoms with Crippen LogP contribution in [0.25, 0.3) is 0 Å². The lowest BCUT2D eigenvalue weighted by Crippen LogP contribution is -2.07. The van der Waals surface area contributed by atoms with Crippen LogP contribution in [-0.4, -0.2) is 12.6 Å². The molecular formula is C12H22O2. The Kier molecular flexibility index (Phi) is 8.30. The predicted octanol–water partition coefficient (Wildman–Crippen LogP) is 3.32. The first-order chi connectivity index (χ1) is 6.70. The Morgan fingerprint density at radius 1 is 1.50 bits per heavy atom. The number of hydrogen-bond donors (Lipinski definition) is 0. The number of allylic oxidation sites excluding steroid dienone is 1. The van der Waals surface area contributed by atoms with Crippen LogP contribution in [-0.2, 0) is 9.53 Å². The highest BCUT2D eigenvalue weighted by molar-refractivity contribution is 5.65. The Morgan fingerprint density at radius 3 is 2.71 bits per heavy atom. The lowest BCUT2D eigenvalue weighted by atomic mass is 9.96. The van der Waals surface area contributed by atoms with Gasteiger partial charge in [-0.15, -0.1) is 6.58 Å². The van der Waals surface area contributed by atoms with Gasteiger partial charge in [-0.05, 0) is 25.2 Å². The highest BCUT2D eigenvalue weighted by atomic mass is 16.5. The molecule has 1 atom stereocenters. The molecule has 0 bridgehead atoms. The summed E-state index contributed by atoms with van der Waals surface area (Å²) < 4.78 is 4.92. The van der Waals surface area contributed by atoms with Gasteiger partial charge in [0.05, 0.1) is 6.61 Å². The molecule has 0 saturated carbocycles. The summed E-state index contributed by atoms with van der Waals surface area (Å²) in [5, 5.41) is 0. The fourth-order valence-corrected chi connectivity index (χ4v) is 1.47. The molecule has 0 aromatic heterocycles. The maximum absolute atomic E-state index is 10.5. The zero-order valence-electron chi connectivity index (χ0n) is 9.42. The molecule has 0 aliphatic heterocycles. The number of ether oxygens (including phenoxy) is 1. The van der Waals surface area contributed by atoms with Crippen molar-refractivity contribution in [2.24, 2.45) is 5.92 Å². The first-order valence-corrected chi connectivity index (χ1v) is 5.45. The van der Waals surface area contributed by atoms with Crippen molar-refractivity contribution in [1.29, 1.82) is 0 Å². The zero-order chi connectivity index (χ0) is 10.8. The summed E-state index contributed by atoms with van der Waals surface area (Å²) in [6.07, 6.45) is 7.61. The van der Waals surface area contributed by atoms with Gasteiger partial charge in [0.15, 0.2) is 0 Å². The van der Waals surface area contributed by atoms with Crippen LogP contribution in [0, 0.1) is 5.92 Å². The van der Waals surface area contributed by atoms with E-state index in [0.717, 1.165) is 12.8 Å². The minimum Gasteiger partial charge on any atom is -0.466 e. The number of esters is 1. The maximum atomic E-state index is 10.5. The predicted molar refractivity (Wildman–Crippen MR) is 59.1 cm³/mol. The largest absolute Gasteiger partial charge is 0.466 e. The first-order valence-electron chi connectivity index (χ1n) is 5.45. The van der Waals surface area contributed by atoms with Crippen LogP contribution >= 0.6 is 0 Å². The monoisotopic (exact) mass is 198 g/mol. The summed E-state index contributed by atoms with van der Waals surface area (Å²) in [5.41, 5.74) is 0. The normalized spacial score (nSPS) is 12.1. The average molecular weight is 198 g/mol. The summed E-state index contributed by atoms with van der Waals surface area (Å²) in [6, 6.07) is 0. The van der Waals surface area contributed by atoms with Crippen molar-refractivity contribution in [3.05, 3.63) is 12.7 Å². The number of carbonyl (C=O) groups is 1. The smallest absolute Gasteiger partial charge is 0.302 e. The summed E-state index contributed by atoms with van der Waals surface area (Å²) in [6.45, 7) is 7.91. The van der Waals surface area contributed by atoms with Crippen molar-refractivity contribution < 1.29 is 9.53 Å². The van der Waals surface area contributed by atoms with Crippen LogP contribution in [0.1, 0.15) is 46.0 Å². The minimum absolute atomic E-state index is 0.175. The molecule has 0 N–H and O–H groups in total. The van der Waals surface area contributed by atoms with E-state index in [4.69, 9.17) is 4.74 Å². The van der Waals surface area contributed by atoms with E-state index in [0.29, 0.717) is 12.5 Å². The molecule has 0 heterocycles. The molecule has 0 aromatic rings. The van der Waals surface area contributed by atoms with Gasteiger partial charge in [-0.3, -0.25) is 4.79 Å². The fourth-order valence-electron chi connectivity index (χ4n) is 1.47. The Morgan fingerprint density at radius 2 is 2.21 bits per heavy atom. The molecule has 0 aromatic carbocycles. The molecule has 0 rings (SSSR count). The Bertz CT molecular complexity index is 164. The number of rotatable bonds is 8. The second-order valence-corrected chi connectivity index (χ2v) is 3.62. The number of carbonyl (C=O) groups excluding carboxylic acids is 1. The van der Waals surface area contributed by atoms with E-state index in [9.17, 15) is 4.79 Å². The van der Waals surface area contributed by atoms with Gasteiger partial charge in [-0.2, -0.15) is 0 Å². The molecular weight excluding hydrogens is 176 g/mol. The van der Waals surface area contributed by atoms with E-state index < -0.39 is 0 Å². The van der Waals surface area contributed by atoms with Crippen molar-refractivity contribution in [3.8, 4) is 0 Å². The molecule has 0 aliphatic rings. The van der Waals surface area contributed by atoms with E-state index in [1.165, 1.54) is 26.2 Å². The molecule has 1 unspecified atom stereocenters. The van der Waals surface area contributed by atoms with E-state index in [1.54, 1.807) is 0 Å². The molecule has 0 aliphatic carbocycles. The topological polar surface area (TPSA) is 26.3 Å². The summed E-state index contributed by atoms with van der Waals surface area (Å²) in [5.74, 6) is 0.514. The third-order valence-corrected chi connectivity index (χ3v) is 2.43. The molecule has 82 valence electrons. The van der Waals surface area contributed by atoms with Gasteiger partial charge in [0, 0.05) is 6.92 Å². The molecule has 0 fully saturated rings. The molecule has 14 heavy (non-hydrogen) atoms. The third kappa shape index (κ3) is 7.84. The van der Waals surface area contributed by atoms with Crippen LogP contribution in [0.15, 0.2) is 12.7 Å². The van der Waals surface area contributed by atoms with Crippen molar-refractivity contribution >= 4 is 5.97 Å². The van der Waals surface area contributed by atoms with Crippen molar-refractivity contribution in [3.63, 3.8) is 0 Å². The third-order valence-electron chi connectivity index (χ3n) is 2.43. The highest BCUT2D eigenvalue weighted by Crippen LogP contribution is 2.16. The van der Waals surface area contributed by atoms with Gasteiger partial charge in [0.25, 0.3) is 0 Å². The van der Waals surface area contributed by atoms with Crippen LogP contribution in [0.5, 0.6) is 0 Å². The molecule has 2 nitrogen and oxygen atoms in total. The summed E-state index contributed by atoms with van der Waals surface area (Å²) >= 11 is 0. The standard InChI is InChI=1S/C12H22O2/c1-4-6-7-8-12(5-2)9-10-14-11(3)13/h4,12H,1,5-10H2,2-3H3. The molecule has 0 spiro atoms. The van der Waals surface area contributed by atoms with Crippen molar-refractivity contribution in [2.45, 2.75) is 46.0 Å². The second kappa shape index (κ2) is 8.79. The Balaban J connectivity index is 3.47. The maximum Gasteiger partial charge on any atom is 0.302 e. The van der Waals surface area contributed by atoms with E-state index >= 15 is 0 Å². The molecule has 0 radical (unpaired) electrons. The number of unbranched alkanes of at least 4 members (excludes halogenated alkanes) is 1. The molecule has 2 heteroatoms. The second-order valence-electron chi connectivity index (χ2n) is 3.62. The summed E-state index contributed by atoms with van der Waals surface area (Å²) in [4.78, 5) is 10.5. The van der Waals surface area contributed by atoms with Gasteiger partial charge < -0.3 is 4.74 Å². The SMILES string of the molecule is C=CCCCC(CC)CCOC(C)=O. The lowest BCUT2D eigenvalue weighted by Gasteiger charge is -2.13. The van der Waals surface area contributed by atoms with Crippen molar-refractivity contribution in [1.82, 2.24) is 0 Å².